The molecule has 0 radical (unpaired) electrons. The van der Waals surface area contributed by atoms with Crippen molar-refractivity contribution in [3.05, 3.63) is 70.0 Å². The normalized spacial score (nSPS) is 12.1. The average Bonchev–Trinajstić information content (AvgIpc) is 2.71. The Kier molecular flexibility index (Phi) is 6.52. The molecule has 0 saturated carbocycles. The van der Waals surface area contributed by atoms with Crippen molar-refractivity contribution in [1.82, 2.24) is 14.9 Å². The van der Waals surface area contributed by atoms with Crippen LogP contribution in [0.3, 0.4) is 0 Å². The number of aromatic nitrogens is 2. The first-order valence-corrected chi connectivity index (χ1v) is 10.4. The van der Waals surface area contributed by atoms with Crippen molar-refractivity contribution in [2.75, 3.05) is 5.75 Å². The molecular formula is C22H25N3O2S. The summed E-state index contributed by atoms with van der Waals surface area (Å²) in [6.45, 7) is 6.56. The van der Waals surface area contributed by atoms with E-state index >= 15 is 0 Å². The van der Waals surface area contributed by atoms with Crippen molar-refractivity contribution in [3.8, 4) is 0 Å². The van der Waals surface area contributed by atoms with Crippen LogP contribution in [-0.4, -0.2) is 21.2 Å². The molecule has 2 aromatic carbocycles. The predicted molar refractivity (Wildman–Crippen MR) is 115 cm³/mol. The van der Waals surface area contributed by atoms with Crippen LogP contribution in [-0.2, 0) is 11.3 Å². The van der Waals surface area contributed by atoms with E-state index in [-0.39, 0.29) is 23.3 Å². The zero-order valence-corrected chi connectivity index (χ0v) is 17.3. The van der Waals surface area contributed by atoms with E-state index in [0.717, 1.165) is 12.0 Å². The molecule has 28 heavy (non-hydrogen) atoms. The molecule has 0 aliphatic rings. The van der Waals surface area contributed by atoms with Crippen molar-refractivity contribution in [2.24, 2.45) is 0 Å². The number of aryl methyl sites for hydroxylation is 1. The molecule has 0 saturated heterocycles. The zero-order valence-electron chi connectivity index (χ0n) is 16.4. The van der Waals surface area contributed by atoms with Crippen LogP contribution in [0.4, 0.5) is 0 Å². The molecule has 5 nitrogen and oxygen atoms in total. The number of nitrogens with zero attached hydrogens (tertiary/aromatic N) is 2. The monoisotopic (exact) mass is 395 g/mol. The molecule has 0 fully saturated rings. The third-order valence-electron chi connectivity index (χ3n) is 4.75. The van der Waals surface area contributed by atoms with Gasteiger partial charge in [-0.2, -0.15) is 0 Å². The Bertz CT molecular complexity index is 1030. The first-order valence-electron chi connectivity index (χ1n) is 9.46. The van der Waals surface area contributed by atoms with Crippen LogP contribution < -0.4 is 10.9 Å². The maximum absolute atomic E-state index is 12.9. The van der Waals surface area contributed by atoms with Crippen molar-refractivity contribution in [2.45, 2.75) is 44.9 Å². The van der Waals surface area contributed by atoms with E-state index in [9.17, 15) is 9.59 Å². The Morgan fingerprint density at radius 3 is 2.61 bits per heavy atom. The van der Waals surface area contributed by atoms with E-state index in [0.29, 0.717) is 22.6 Å². The second-order valence-electron chi connectivity index (χ2n) is 6.89. The van der Waals surface area contributed by atoms with Crippen LogP contribution in [0.15, 0.2) is 58.5 Å². The molecule has 0 aliphatic carbocycles. The second-order valence-corrected chi connectivity index (χ2v) is 7.84. The van der Waals surface area contributed by atoms with Crippen molar-refractivity contribution in [1.29, 1.82) is 0 Å². The molecule has 1 atom stereocenters. The highest BCUT2D eigenvalue weighted by Gasteiger charge is 2.16. The summed E-state index contributed by atoms with van der Waals surface area (Å²) in [5.41, 5.74) is 2.86. The Morgan fingerprint density at radius 2 is 1.89 bits per heavy atom. The minimum atomic E-state index is -0.0799. The minimum Gasteiger partial charge on any atom is -0.351 e. The SMILES string of the molecule is CC[C@H](C)n1c(SCC(=O)NCc2ccc(C)cc2)nc2ccccc2c1=O. The lowest BCUT2D eigenvalue weighted by molar-refractivity contribution is -0.118. The molecule has 0 aliphatic heterocycles. The van der Waals surface area contributed by atoms with Gasteiger partial charge in [0.05, 0.1) is 16.7 Å². The van der Waals surface area contributed by atoms with E-state index in [2.05, 4.69) is 10.3 Å². The second kappa shape index (κ2) is 9.06. The highest BCUT2D eigenvalue weighted by Crippen LogP contribution is 2.22. The van der Waals surface area contributed by atoms with Gasteiger partial charge in [-0.15, -0.1) is 0 Å². The number of fused-ring (bicyclic) bond motifs is 1. The summed E-state index contributed by atoms with van der Waals surface area (Å²) in [5.74, 6) is 0.135. The minimum absolute atomic E-state index is 0.0164. The molecule has 1 aromatic heterocycles. The first kappa shape index (κ1) is 20.1. The fourth-order valence-corrected chi connectivity index (χ4v) is 3.81. The number of benzene rings is 2. The average molecular weight is 396 g/mol. The summed E-state index contributed by atoms with van der Waals surface area (Å²) >= 11 is 1.31. The Morgan fingerprint density at radius 1 is 1.18 bits per heavy atom. The maximum atomic E-state index is 12.9. The highest BCUT2D eigenvalue weighted by molar-refractivity contribution is 7.99. The third-order valence-corrected chi connectivity index (χ3v) is 5.70. The van der Waals surface area contributed by atoms with Crippen LogP contribution in [0.25, 0.3) is 10.9 Å². The predicted octanol–water partition coefficient (Wildman–Crippen LogP) is 4.08. The molecule has 146 valence electrons. The van der Waals surface area contributed by atoms with E-state index in [1.807, 2.05) is 63.2 Å². The lowest BCUT2D eigenvalue weighted by Gasteiger charge is -2.18. The molecule has 6 heteroatoms. The Hall–Kier alpha value is -2.60. The van der Waals surface area contributed by atoms with Crippen LogP contribution in [0.1, 0.15) is 37.4 Å². The van der Waals surface area contributed by atoms with Crippen molar-refractivity contribution < 1.29 is 4.79 Å². The quantitative estimate of drug-likeness (QED) is 0.484. The topological polar surface area (TPSA) is 64.0 Å². The van der Waals surface area contributed by atoms with Gasteiger partial charge < -0.3 is 5.32 Å². The molecule has 1 amide bonds. The highest BCUT2D eigenvalue weighted by atomic mass is 32.2. The summed E-state index contributed by atoms with van der Waals surface area (Å²) in [4.78, 5) is 29.9. The van der Waals surface area contributed by atoms with Gasteiger partial charge in [0.25, 0.3) is 5.56 Å². The molecule has 3 rings (SSSR count). The number of rotatable bonds is 7. The number of amides is 1. The summed E-state index contributed by atoms with van der Waals surface area (Å²) in [5, 5.41) is 4.12. The molecule has 0 bridgehead atoms. The van der Waals surface area contributed by atoms with Gasteiger partial charge in [-0.3, -0.25) is 14.2 Å². The number of hydrogen-bond donors (Lipinski definition) is 1. The van der Waals surface area contributed by atoms with Gasteiger partial charge in [-0.05, 0) is 38.0 Å². The zero-order chi connectivity index (χ0) is 20.1. The molecule has 1 N–H and O–H groups in total. The van der Waals surface area contributed by atoms with Crippen molar-refractivity contribution >= 4 is 28.6 Å². The number of thioether (sulfide) groups is 1. The number of para-hydroxylation sites is 1. The lowest BCUT2D eigenvalue weighted by Crippen LogP contribution is -2.28. The van der Waals surface area contributed by atoms with Crippen molar-refractivity contribution in [3.63, 3.8) is 0 Å². The van der Waals surface area contributed by atoms with E-state index in [1.165, 1.54) is 17.3 Å². The molecule has 0 spiro atoms. The fraction of sp³-hybridized carbons (Fsp3) is 0.318. The number of nitrogens with one attached hydrogen (secondary N) is 1. The van der Waals surface area contributed by atoms with Gasteiger partial charge >= 0.3 is 0 Å². The number of carbonyl (C=O) groups is 1. The van der Waals surface area contributed by atoms with Gasteiger partial charge in [0.2, 0.25) is 5.91 Å². The Labute approximate surface area is 169 Å². The maximum Gasteiger partial charge on any atom is 0.262 e. The fourth-order valence-electron chi connectivity index (χ4n) is 2.89. The van der Waals surface area contributed by atoms with E-state index < -0.39 is 0 Å². The van der Waals surface area contributed by atoms with E-state index in [4.69, 9.17) is 0 Å². The number of carbonyl (C=O) groups excluding carboxylic acids is 1. The molecule has 3 aromatic rings. The molecule has 0 unspecified atom stereocenters. The van der Waals surface area contributed by atoms with Gasteiger partial charge in [-0.25, -0.2) is 4.98 Å². The van der Waals surface area contributed by atoms with Crippen LogP contribution in [0.2, 0.25) is 0 Å². The van der Waals surface area contributed by atoms with Crippen LogP contribution in [0.5, 0.6) is 0 Å². The summed E-state index contributed by atoms with van der Waals surface area (Å²) < 4.78 is 1.71. The summed E-state index contributed by atoms with van der Waals surface area (Å²) in [7, 11) is 0. The van der Waals surface area contributed by atoms with Gasteiger partial charge in [0.15, 0.2) is 5.16 Å². The van der Waals surface area contributed by atoms with E-state index in [1.54, 1.807) is 10.6 Å². The number of hydrogen-bond acceptors (Lipinski definition) is 4. The smallest absolute Gasteiger partial charge is 0.262 e. The lowest BCUT2D eigenvalue weighted by atomic mass is 10.1. The van der Waals surface area contributed by atoms with Crippen LogP contribution >= 0.6 is 11.8 Å². The largest absolute Gasteiger partial charge is 0.351 e. The Balaban J connectivity index is 1.74. The van der Waals surface area contributed by atoms with Gasteiger partial charge in [-0.1, -0.05) is 60.6 Å². The first-order chi connectivity index (χ1) is 13.5. The van der Waals surface area contributed by atoms with Crippen LogP contribution in [0, 0.1) is 6.92 Å². The summed E-state index contributed by atoms with van der Waals surface area (Å²) in [6.07, 6.45) is 0.813. The molecular weight excluding hydrogens is 370 g/mol. The standard InChI is InChI=1S/C22H25N3O2S/c1-4-16(3)25-21(27)18-7-5-6-8-19(18)24-22(25)28-14-20(26)23-13-17-11-9-15(2)10-12-17/h5-12,16H,4,13-14H2,1-3H3,(H,23,26)/t16-/m0/s1. The van der Waals surface area contributed by atoms with Gasteiger partial charge in [0.1, 0.15) is 0 Å². The van der Waals surface area contributed by atoms with Gasteiger partial charge in [0, 0.05) is 12.6 Å². The third kappa shape index (κ3) is 4.62. The molecule has 1 heterocycles. The summed E-state index contributed by atoms with van der Waals surface area (Å²) in [6, 6.07) is 15.4.